The van der Waals surface area contributed by atoms with Gasteiger partial charge in [-0.3, -0.25) is 9.59 Å². The normalized spacial score (nSPS) is 39.2. The highest BCUT2D eigenvalue weighted by atomic mass is 16.6. The van der Waals surface area contributed by atoms with Crippen LogP contribution < -0.4 is 0 Å². The molecule has 0 aromatic rings. The van der Waals surface area contributed by atoms with E-state index >= 15 is 0 Å². The summed E-state index contributed by atoms with van der Waals surface area (Å²) in [4.78, 5) is 20.9. The zero-order valence-corrected chi connectivity index (χ0v) is 20.5. The first kappa shape index (κ1) is 26.1. The number of carbonyl (C=O) groups excluding carboxylic acids is 2. The molecule has 5 heteroatoms. The molecule has 0 bridgehead atoms. The van der Waals surface area contributed by atoms with E-state index in [1.807, 2.05) is 26.8 Å². The van der Waals surface area contributed by atoms with E-state index in [0.717, 1.165) is 43.4 Å². The van der Waals surface area contributed by atoms with Crippen molar-refractivity contribution in [3.05, 3.63) is 11.6 Å². The highest BCUT2D eigenvalue weighted by Gasteiger charge is 2.59. The Morgan fingerprint density at radius 1 is 1.13 bits per heavy atom. The summed E-state index contributed by atoms with van der Waals surface area (Å²) >= 11 is 0. The summed E-state index contributed by atoms with van der Waals surface area (Å²) < 4.78 is 9.92. The molecule has 178 valence electrons. The van der Waals surface area contributed by atoms with E-state index in [1.54, 1.807) is 0 Å². The average molecular weight is 437 g/mol. The highest BCUT2D eigenvalue weighted by Crippen LogP contribution is 2.65. The summed E-state index contributed by atoms with van der Waals surface area (Å²) in [5, 5.41) is 10.0. The van der Waals surface area contributed by atoms with Gasteiger partial charge in [0.2, 0.25) is 0 Å². The second-order valence-electron chi connectivity index (χ2n) is 9.91. The Balaban J connectivity index is 0.000000513. The third-order valence-corrected chi connectivity index (χ3v) is 8.64. The summed E-state index contributed by atoms with van der Waals surface area (Å²) in [5.41, 5.74) is 1.92. The van der Waals surface area contributed by atoms with E-state index in [-0.39, 0.29) is 16.9 Å². The van der Waals surface area contributed by atoms with Crippen molar-refractivity contribution in [2.75, 3.05) is 7.11 Å². The number of aliphatic hydroxyl groups is 1. The van der Waals surface area contributed by atoms with Crippen molar-refractivity contribution in [2.45, 2.75) is 105 Å². The Kier molecular flexibility index (Phi) is 9.32. The molecule has 0 amide bonds. The molecule has 0 aliphatic heterocycles. The standard InChI is InChI=1S/C22H34O3.C2H4O2.C2H6/c1-4-20(24)25-19-8-7-17-16-6-5-14-13-15(23)9-11-21(14,2)18(16)10-12-22(17,19)3;1-4-2-3;1-2/h13,16-20,24H,4-12H2,1-3H3;2H,1H3;1-2H3. The number of hydrogen-bond acceptors (Lipinski definition) is 5. The SMILES string of the molecule is CC.CCC(O)OC1CCC2C3CCC4=CC(=O)CCC4(C)C3CCC12C.COC=O. The molecule has 5 nitrogen and oxygen atoms in total. The van der Waals surface area contributed by atoms with E-state index < -0.39 is 6.29 Å². The number of hydrogen-bond donors (Lipinski definition) is 1. The van der Waals surface area contributed by atoms with Crippen molar-refractivity contribution in [3.8, 4) is 0 Å². The quantitative estimate of drug-likeness (QED) is 0.469. The van der Waals surface area contributed by atoms with Crippen LogP contribution in [0.3, 0.4) is 0 Å². The molecule has 7 atom stereocenters. The van der Waals surface area contributed by atoms with Crippen LogP contribution in [0.1, 0.15) is 92.4 Å². The molecular formula is C26H44O5. The molecule has 0 spiro atoms. The van der Waals surface area contributed by atoms with Crippen molar-refractivity contribution in [1.29, 1.82) is 0 Å². The van der Waals surface area contributed by atoms with Crippen molar-refractivity contribution in [2.24, 2.45) is 28.6 Å². The number of fused-ring (bicyclic) bond motifs is 5. The predicted octanol–water partition coefficient (Wildman–Crippen LogP) is 5.45. The van der Waals surface area contributed by atoms with Crippen LogP contribution in [0, 0.1) is 28.6 Å². The van der Waals surface area contributed by atoms with Gasteiger partial charge in [0.1, 0.15) is 0 Å². The number of ether oxygens (including phenoxy) is 2. The zero-order valence-electron chi connectivity index (χ0n) is 20.5. The average Bonchev–Trinajstić information content (AvgIpc) is 3.11. The van der Waals surface area contributed by atoms with E-state index in [4.69, 9.17) is 9.53 Å². The molecule has 4 rings (SSSR count). The molecule has 0 saturated heterocycles. The first-order valence-corrected chi connectivity index (χ1v) is 12.3. The predicted molar refractivity (Wildman–Crippen MR) is 122 cm³/mol. The van der Waals surface area contributed by atoms with Crippen LogP contribution in [-0.2, 0) is 19.1 Å². The van der Waals surface area contributed by atoms with E-state index in [2.05, 4.69) is 18.6 Å². The Bertz CT molecular complexity index is 644. The summed E-state index contributed by atoms with van der Waals surface area (Å²) in [6.45, 7) is 11.2. The molecule has 31 heavy (non-hydrogen) atoms. The van der Waals surface area contributed by atoms with Gasteiger partial charge in [0.25, 0.3) is 6.47 Å². The minimum atomic E-state index is -0.610. The van der Waals surface area contributed by atoms with Crippen molar-refractivity contribution >= 4 is 12.3 Å². The lowest BCUT2D eigenvalue weighted by atomic mass is 9.47. The number of ketones is 1. The van der Waals surface area contributed by atoms with Gasteiger partial charge >= 0.3 is 0 Å². The Morgan fingerprint density at radius 3 is 2.42 bits per heavy atom. The van der Waals surface area contributed by atoms with Crippen LogP contribution in [0.15, 0.2) is 11.6 Å². The van der Waals surface area contributed by atoms with Crippen LogP contribution in [0.5, 0.6) is 0 Å². The van der Waals surface area contributed by atoms with Crippen LogP contribution >= 0.6 is 0 Å². The van der Waals surface area contributed by atoms with Gasteiger partial charge in [0, 0.05) is 6.42 Å². The second kappa shape index (κ2) is 11.1. The van der Waals surface area contributed by atoms with Gasteiger partial charge in [-0.1, -0.05) is 40.2 Å². The zero-order chi connectivity index (χ0) is 23.2. The maximum absolute atomic E-state index is 11.9. The lowest BCUT2D eigenvalue weighted by Gasteiger charge is -2.58. The van der Waals surface area contributed by atoms with Crippen molar-refractivity contribution in [1.82, 2.24) is 0 Å². The summed E-state index contributed by atoms with van der Waals surface area (Å²) in [5.74, 6) is 2.56. The largest absolute Gasteiger partial charge is 0.471 e. The number of allylic oxidation sites excluding steroid dienone is 1. The Hall–Kier alpha value is -1.20. The van der Waals surface area contributed by atoms with Crippen LogP contribution in [0.4, 0.5) is 0 Å². The smallest absolute Gasteiger partial charge is 0.292 e. The van der Waals surface area contributed by atoms with Crippen molar-refractivity contribution in [3.63, 3.8) is 0 Å². The van der Waals surface area contributed by atoms with E-state index in [1.165, 1.54) is 38.4 Å². The first-order chi connectivity index (χ1) is 14.8. The fraction of sp³-hybridized carbons (Fsp3) is 0.846. The molecule has 0 aromatic carbocycles. The topological polar surface area (TPSA) is 72.8 Å². The Labute approximate surface area is 189 Å². The minimum Gasteiger partial charge on any atom is -0.471 e. The van der Waals surface area contributed by atoms with Gasteiger partial charge in [-0.2, -0.15) is 0 Å². The number of carbonyl (C=O) groups is 2. The van der Waals surface area contributed by atoms with Crippen molar-refractivity contribution < 1.29 is 24.2 Å². The molecule has 3 fully saturated rings. The van der Waals surface area contributed by atoms with Crippen LogP contribution in [-0.4, -0.2) is 36.9 Å². The molecule has 4 aliphatic carbocycles. The summed E-state index contributed by atoms with van der Waals surface area (Å²) in [6, 6.07) is 0. The van der Waals surface area contributed by atoms with Crippen LogP contribution in [0.2, 0.25) is 0 Å². The molecule has 4 aliphatic rings. The molecular weight excluding hydrogens is 392 g/mol. The number of aliphatic hydroxyl groups excluding tert-OH is 1. The third-order valence-electron chi connectivity index (χ3n) is 8.64. The third kappa shape index (κ3) is 5.08. The first-order valence-electron chi connectivity index (χ1n) is 12.3. The maximum atomic E-state index is 11.9. The van der Waals surface area contributed by atoms with Crippen LogP contribution in [0.25, 0.3) is 0 Å². The van der Waals surface area contributed by atoms with Gasteiger partial charge in [-0.05, 0) is 86.0 Å². The van der Waals surface area contributed by atoms with Gasteiger partial charge in [-0.25, -0.2) is 0 Å². The van der Waals surface area contributed by atoms with Gasteiger partial charge in [0.15, 0.2) is 12.1 Å². The molecule has 0 heterocycles. The van der Waals surface area contributed by atoms with E-state index in [9.17, 15) is 9.90 Å². The number of methoxy groups -OCH3 is 1. The summed E-state index contributed by atoms with van der Waals surface area (Å²) in [7, 11) is 1.31. The Morgan fingerprint density at radius 2 is 1.81 bits per heavy atom. The second-order valence-corrected chi connectivity index (χ2v) is 9.91. The lowest BCUT2D eigenvalue weighted by Crippen LogP contribution is -2.51. The fourth-order valence-electron chi connectivity index (χ4n) is 7.02. The lowest BCUT2D eigenvalue weighted by molar-refractivity contribution is -0.180. The molecule has 0 radical (unpaired) electrons. The monoisotopic (exact) mass is 436 g/mol. The molecule has 7 unspecified atom stereocenters. The van der Waals surface area contributed by atoms with Gasteiger partial charge < -0.3 is 14.6 Å². The molecule has 3 saturated carbocycles. The summed E-state index contributed by atoms with van der Waals surface area (Å²) in [6.07, 6.45) is 11.2. The minimum absolute atomic E-state index is 0.214. The maximum Gasteiger partial charge on any atom is 0.292 e. The molecule has 0 aromatic heterocycles. The molecule has 1 N–H and O–H groups in total. The fourth-order valence-corrected chi connectivity index (χ4v) is 7.02. The van der Waals surface area contributed by atoms with E-state index in [0.29, 0.717) is 18.7 Å². The highest BCUT2D eigenvalue weighted by molar-refractivity contribution is 5.91. The van der Waals surface area contributed by atoms with Gasteiger partial charge in [-0.15, -0.1) is 0 Å². The van der Waals surface area contributed by atoms with Gasteiger partial charge in [0.05, 0.1) is 13.2 Å². The number of rotatable bonds is 4.